The maximum Gasteiger partial charge on any atom is 0.159 e. The van der Waals surface area contributed by atoms with Crippen LogP contribution in [0.25, 0.3) is 16.5 Å². The Morgan fingerprint density at radius 2 is 1.53 bits per heavy atom. The molecule has 5 aromatic rings. The third-order valence-electron chi connectivity index (χ3n) is 18.4. The highest BCUT2D eigenvalue weighted by Gasteiger charge is 2.43. The maximum atomic E-state index is 7.36. The Bertz CT molecular complexity index is 3430. The van der Waals surface area contributed by atoms with Crippen molar-refractivity contribution in [2.24, 2.45) is 23.7 Å². The van der Waals surface area contributed by atoms with E-state index in [-0.39, 0.29) is 17.9 Å². The molecule has 8 aliphatic rings. The van der Waals surface area contributed by atoms with Gasteiger partial charge >= 0.3 is 0 Å². The summed E-state index contributed by atoms with van der Waals surface area (Å²) in [5, 5.41) is 1.27. The van der Waals surface area contributed by atoms with Crippen LogP contribution in [0.1, 0.15) is 142 Å². The summed E-state index contributed by atoms with van der Waals surface area (Å²) in [7, 11) is 0. The molecule has 6 heteroatoms. The van der Waals surface area contributed by atoms with Crippen molar-refractivity contribution in [1.82, 2.24) is 0 Å². The van der Waals surface area contributed by atoms with Crippen LogP contribution in [0.5, 0.6) is 5.75 Å². The van der Waals surface area contributed by atoms with Gasteiger partial charge in [0.25, 0.3) is 0 Å². The van der Waals surface area contributed by atoms with E-state index in [2.05, 4.69) is 216 Å². The fraction of sp³-hybridized carbons (Fsp3) is 0.371. The Balaban J connectivity index is 0.969. The number of furan rings is 1. The second-order valence-electron chi connectivity index (χ2n) is 23.4. The van der Waals surface area contributed by atoms with Crippen LogP contribution in [-0.4, -0.2) is 6.04 Å². The summed E-state index contributed by atoms with van der Waals surface area (Å²) in [6.07, 6.45) is 41.5. The van der Waals surface area contributed by atoms with Crippen LogP contribution in [0.4, 0.5) is 17.1 Å². The predicted molar refractivity (Wildman–Crippen MR) is 334 cm³/mol. The molecule has 2 saturated carbocycles. The van der Waals surface area contributed by atoms with E-state index >= 15 is 0 Å². The SMILES string of the molecule is Cc1cc(N(C2=C3C=CC4=CCC(N(C(/C=C\C(C)C)=C5/Cc6cccc(C7CCCCC7)c6O5)c5ccc(C)c(CI)c5)C5=C4C3C(C=C5)C=C2)c2cccc3c4c(oc23)C(C2CCCCC2)=CCC4)ccc1CI. The normalized spacial score (nSPS) is 22.8. The van der Waals surface area contributed by atoms with Gasteiger partial charge in [0.1, 0.15) is 17.3 Å². The third-order valence-corrected chi connectivity index (χ3v) is 20.0. The molecule has 0 amide bonds. The monoisotopic (exact) mass is 1230 g/mol. The van der Waals surface area contributed by atoms with Gasteiger partial charge in [-0.05, 0) is 175 Å². The predicted octanol–water partition coefficient (Wildman–Crippen LogP) is 19.8. The van der Waals surface area contributed by atoms with Gasteiger partial charge in [0.15, 0.2) is 5.58 Å². The van der Waals surface area contributed by atoms with E-state index in [9.17, 15) is 0 Å². The Kier molecular flexibility index (Phi) is 14.1. The lowest BCUT2D eigenvalue weighted by Gasteiger charge is -2.45. The first kappa shape index (κ1) is 50.4. The van der Waals surface area contributed by atoms with Crippen LogP contribution in [0.2, 0.25) is 0 Å². The molecule has 0 radical (unpaired) electrons. The van der Waals surface area contributed by atoms with Crippen LogP contribution in [0, 0.1) is 37.5 Å². The van der Waals surface area contributed by atoms with E-state index in [0.29, 0.717) is 17.8 Å². The molecule has 2 heterocycles. The van der Waals surface area contributed by atoms with Crippen molar-refractivity contribution in [1.29, 1.82) is 0 Å². The minimum Gasteiger partial charge on any atom is -0.459 e. The smallest absolute Gasteiger partial charge is 0.159 e. The van der Waals surface area contributed by atoms with Crippen LogP contribution < -0.4 is 14.5 Å². The van der Waals surface area contributed by atoms with Gasteiger partial charge in [-0.15, -0.1) is 0 Å². The van der Waals surface area contributed by atoms with Crippen molar-refractivity contribution in [2.45, 2.75) is 138 Å². The number of halogens is 2. The largest absolute Gasteiger partial charge is 0.459 e. The quantitative estimate of drug-likeness (QED) is 0.0920. The summed E-state index contributed by atoms with van der Waals surface area (Å²) in [4.78, 5) is 5.25. The van der Waals surface area contributed by atoms with Crippen LogP contribution >= 0.6 is 45.2 Å². The highest BCUT2D eigenvalue weighted by Crippen LogP contribution is 2.54. The lowest BCUT2D eigenvalue weighted by atomic mass is 9.64. The molecule has 3 unspecified atom stereocenters. The second-order valence-corrected chi connectivity index (χ2v) is 24.9. The highest BCUT2D eigenvalue weighted by molar-refractivity contribution is 14.1. The first-order valence-electron chi connectivity index (χ1n) is 28.9. The maximum absolute atomic E-state index is 7.36. The molecular weight excluding hydrogens is 1150 g/mol. The molecule has 0 bridgehead atoms. The van der Waals surface area contributed by atoms with Gasteiger partial charge in [-0.3, -0.25) is 0 Å². The summed E-state index contributed by atoms with van der Waals surface area (Å²) >= 11 is 5.07. The molecule has 388 valence electrons. The Morgan fingerprint density at radius 1 is 0.750 bits per heavy atom. The molecule has 4 aromatic carbocycles. The Labute approximate surface area is 479 Å². The number of allylic oxidation sites excluding steroid dienone is 13. The van der Waals surface area contributed by atoms with E-state index in [1.807, 2.05) is 0 Å². The number of anilines is 3. The zero-order valence-corrected chi connectivity index (χ0v) is 49.3. The molecule has 2 fully saturated rings. The van der Waals surface area contributed by atoms with E-state index in [0.717, 1.165) is 63.1 Å². The summed E-state index contributed by atoms with van der Waals surface area (Å²) in [6.45, 7) is 9.14. The zero-order chi connectivity index (χ0) is 51.6. The van der Waals surface area contributed by atoms with Crippen molar-refractivity contribution in [3.05, 3.63) is 218 Å². The van der Waals surface area contributed by atoms with Gasteiger partial charge in [0.2, 0.25) is 0 Å². The van der Waals surface area contributed by atoms with E-state index in [1.165, 1.54) is 159 Å². The average molecular weight is 1230 g/mol. The molecule has 76 heavy (non-hydrogen) atoms. The molecule has 0 N–H and O–H groups in total. The minimum atomic E-state index is 0.0430. The summed E-state index contributed by atoms with van der Waals surface area (Å²) in [6, 6.07) is 28.3. The van der Waals surface area contributed by atoms with Gasteiger partial charge < -0.3 is 19.0 Å². The number of aryl methyl sites for hydroxylation is 3. The number of ether oxygens (including phenoxy) is 1. The summed E-state index contributed by atoms with van der Waals surface area (Å²) in [5.41, 5.74) is 23.5. The molecule has 13 rings (SSSR count). The first-order chi connectivity index (χ1) is 37.3. The topological polar surface area (TPSA) is 28.9 Å². The van der Waals surface area contributed by atoms with E-state index in [1.54, 1.807) is 0 Å². The van der Waals surface area contributed by atoms with Crippen LogP contribution in [0.15, 0.2) is 177 Å². The van der Waals surface area contributed by atoms with Gasteiger partial charge in [-0.1, -0.05) is 189 Å². The molecule has 1 aromatic heterocycles. The number of rotatable bonds is 12. The zero-order valence-electron chi connectivity index (χ0n) is 44.9. The molecule has 0 saturated heterocycles. The van der Waals surface area contributed by atoms with Gasteiger partial charge in [0.05, 0.1) is 17.4 Å². The lowest BCUT2D eigenvalue weighted by molar-refractivity contribution is 0.404. The molecular formula is C70H72I2N2O2. The van der Waals surface area contributed by atoms with Crippen molar-refractivity contribution in [2.75, 3.05) is 9.80 Å². The molecule has 7 aliphatic carbocycles. The van der Waals surface area contributed by atoms with Gasteiger partial charge in [0, 0.05) is 60.7 Å². The minimum absolute atomic E-state index is 0.0430. The van der Waals surface area contributed by atoms with Crippen molar-refractivity contribution < 1.29 is 9.15 Å². The van der Waals surface area contributed by atoms with Crippen molar-refractivity contribution in [3.8, 4) is 5.75 Å². The number of para-hydroxylation sites is 2. The fourth-order valence-corrected chi connectivity index (χ4v) is 16.1. The standard InChI is InChI=1S/C70H72I2N2O2/c1-43(2)24-35-63(65-40-50-18-11-19-55(68(50)75-65)46-14-7-5-8-15-46)73(54-31-25-44(3)52(39-54)42-72)61-36-29-48-28-34-60-62(37-30-49-27-33-59(61)66(48)67(49)60)74(53-32-26-51(41-71)45(4)38-53)64-23-13-22-58-57-21-12-20-56(69(57)76-70(58)64)47-16-9-6-10-17-47/h11,13,18-20,22-35,37-39,43,46-47,49,61,67H,5-10,12,14-17,21,36,40-42H2,1-4H3/b35-24-,65-63-. The van der Waals surface area contributed by atoms with Crippen LogP contribution in [-0.2, 0) is 21.7 Å². The van der Waals surface area contributed by atoms with Gasteiger partial charge in [-0.2, -0.15) is 0 Å². The average Bonchev–Trinajstić information content (AvgIpc) is 4.12. The van der Waals surface area contributed by atoms with E-state index < -0.39 is 0 Å². The number of hydrogen-bond acceptors (Lipinski definition) is 4. The summed E-state index contributed by atoms with van der Waals surface area (Å²) < 4.78 is 16.7. The second kappa shape index (κ2) is 21.3. The van der Waals surface area contributed by atoms with Crippen molar-refractivity contribution in [3.63, 3.8) is 0 Å². The fourth-order valence-electron chi connectivity index (χ4n) is 14.4. The molecule has 3 atom stereocenters. The molecule has 4 nitrogen and oxygen atoms in total. The lowest BCUT2D eigenvalue weighted by Crippen LogP contribution is -2.41. The highest BCUT2D eigenvalue weighted by atomic mass is 127. The van der Waals surface area contributed by atoms with E-state index in [4.69, 9.17) is 9.15 Å². The van der Waals surface area contributed by atoms with Crippen LogP contribution in [0.3, 0.4) is 0 Å². The molecule has 0 spiro atoms. The number of alkyl halides is 2. The number of fused-ring (bicyclic) bond motifs is 4. The Hall–Kier alpha value is -5.06. The number of nitrogens with zero attached hydrogens (tertiary/aromatic N) is 2. The van der Waals surface area contributed by atoms with Gasteiger partial charge in [-0.25, -0.2) is 0 Å². The number of hydrogen-bond donors (Lipinski definition) is 0. The Morgan fingerprint density at radius 3 is 2.32 bits per heavy atom. The first-order valence-corrected chi connectivity index (χ1v) is 31.9. The summed E-state index contributed by atoms with van der Waals surface area (Å²) in [5.74, 6) is 5.24. The third kappa shape index (κ3) is 9.01. The molecule has 1 aliphatic heterocycles. The number of benzene rings is 4. The van der Waals surface area contributed by atoms with Crippen molar-refractivity contribution >= 4 is 78.8 Å².